The van der Waals surface area contributed by atoms with Gasteiger partial charge in [0.2, 0.25) is 0 Å². The predicted octanol–water partition coefficient (Wildman–Crippen LogP) is 5.97. The van der Waals surface area contributed by atoms with Crippen LogP contribution in [0.2, 0.25) is 0 Å². The van der Waals surface area contributed by atoms with Gasteiger partial charge in [0.05, 0.1) is 6.61 Å². The molecule has 5 nitrogen and oxygen atoms in total. The Labute approximate surface area is 198 Å². The Morgan fingerprint density at radius 1 is 1.06 bits per heavy atom. The first-order valence-electron chi connectivity index (χ1n) is 11.9. The minimum atomic E-state index is -0.945. The van der Waals surface area contributed by atoms with Crippen LogP contribution in [0.5, 0.6) is 0 Å². The highest BCUT2D eigenvalue weighted by atomic mass is 19.2. The number of ether oxygens (including phenoxy) is 1. The lowest BCUT2D eigenvalue weighted by Crippen LogP contribution is -2.23. The number of aliphatic carboxylic acids is 1. The number of halogens is 2. The van der Waals surface area contributed by atoms with Gasteiger partial charge in [-0.15, -0.1) is 0 Å². The van der Waals surface area contributed by atoms with E-state index in [0.29, 0.717) is 42.7 Å². The summed E-state index contributed by atoms with van der Waals surface area (Å²) in [4.78, 5) is 10.7. The summed E-state index contributed by atoms with van der Waals surface area (Å²) in [6, 6.07) is 13.9. The predicted molar refractivity (Wildman–Crippen MR) is 126 cm³/mol. The minimum absolute atomic E-state index is 0.237. The van der Waals surface area contributed by atoms with Crippen LogP contribution in [-0.2, 0) is 22.5 Å². The zero-order valence-corrected chi connectivity index (χ0v) is 19.3. The highest BCUT2D eigenvalue weighted by molar-refractivity contribution is 5.83. The normalized spacial score (nSPS) is 18.2. The minimum Gasteiger partial charge on any atom is -0.480 e. The summed E-state index contributed by atoms with van der Waals surface area (Å²) in [6.07, 6.45) is 4.58. The second kappa shape index (κ2) is 10.9. The third kappa shape index (κ3) is 5.36. The molecule has 0 radical (unpaired) electrons. The van der Waals surface area contributed by atoms with Crippen LogP contribution in [0.4, 0.5) is 8.78 Å². The topological polar surface area (TPSA) is 64.4 Å². The average molecular weight is 469 g/mol. The van der Waals surface area contributed by atoms with Crippen molar-refractivity contribution in [1.82, 2.24) is 9.78 Å². The van der Waals surface area contributed by atoms with Crippen LogP contribution in [-0.4, -0.2) is 34.1 Å². The van der Waals surface area contributed by atoms with Gasteiger partial charge in [0.25, 0.3) is 0 Å². The van der Waals surface area contributed by atoms with Crippen molar-refractivity contribution in [2.24, 2.45) is 11.8 Å². The molecule has 1 aliphatic carbocycles. The van der Waals surface area contributed by atoms with E-state index in [1.165, 1.54) is 6.07 Å². The number of hydrogen-bond acceptors (Lipinski definition) is 3. The number of carbonyl (C=O) groups is 1. The standard InChI is InChI=1S/C27H30F2N2O3/c1-2-23-25(21-9-6-10-22(28)26(21)29)27(20-7-4-3-5-8-20)30-31(23)15-18-11-13-19(14-12-18)16-34-17-24(32)33/h3-10,18-19H,2,11-17H2,1H3,(H,32,33)/t18-,19+. The first-order chi connectivity index (χ1) is 16.5. The van der Waals surface area contributed by atoms with Gasteiger partial charge in [-0.3, -0.25) is 4.68 Å². The molecule has 1 heterocycles. The van der Waals surface area contributed by atoms with Crippen LogP contribution in [0.15, 0.2) is 48.5 Å². The van der Waals surface area contributed by atoms with Crippen molar-refractivity contribution in [1.29, 1.82) is 0 Å². The molecule has 0 unspecified atom stereocenters. The van der Waals surface area contributed by atoms with E-state index in [-0.39, 0.29) is 12.2 Å². The number of benzene rings is 2. The lowest BCUT2D eigenvalue weighted by molar-refractivity contribution is -0.142. The molecule has 0 saturated heterocycles. The summed E-state index contributed by atoms with van der Waals surface area (Å²) in [5.74, 6) is -1.88. The molecule has 0 bridgehead atoms. The molecule has 1 fully saturated rings. The molecule has 34 heavy (non-hydrogen) atoms. The second-order valence-corrected chi connectivity index (χ2v) is 8.97. The molecule has 3 aromatic rings. The highest BCUT2D eigenvalue weighted by Crippen LogP contribution is 2.38. The van der Waals surface area contributed by atoms with E-state index < -0.39 is 17.6 Å². The van der Waals surface area contributed by atoms with Crippen LogP contribution in [0.25, 0.3) is 22.4 Å². The van der Waals surface area contributed by atoms with Crippen molar-refractivity contribution in [2.45, 2.75) is 45.6 Å². The Bertz CT molecular complexity index is 1120. The summed E-state index contributed by atoms with van der Waals surface area (Å²) >= 11 is 0. The van der Waals surface area contributed by atoms with Crippen molar-refractivity contribution in [3.05, 3.63) is 65.9 Å². The fourth-order valence-electron chi connectivity index (χ4n) is 4.92. The van der Waals surface area contributed by atoms with Gasteiger partial charge in [-0.05, 0) is 50.0 Å². The zero-order valence-electron chi connectivity index (χ0n) is 19.3. The van der Waals surface area contributed by atoms with Gasteiger partial charge < -0.3 is 9.84 Å². The molecule has 0 spiro atoms. The van der Waals surface area contributed by atoms with Crippen LogP contribution < -0.4 is 0 Å². The number of nitrogens with zero attached hydrogens (tertiary/aromatic N) is 2. The molecule has 0 atom stereocenters. The van der Waals surface area contributed by atoms with Gasteiger partial charge in [-0.2, -0.15) is 5.10 Å². The molecular weight excluding hydrogens is 438 g/mol. The van der Waals surface area contributed by atoms with Crippen molar-refractivity contribution in [2.75, 3.05) is 13.2 Å². The van der Waals surface area contributed by atoms with Gasteiger partial charge in [0.15, 0.2) is 11.6 Å². The Balaban J connectivity index is 1.60. The largest absolute Gasteiger partial charge is 0.480 e. The van der Waals surface area contributed by atoms with Crippen molar-refractivity contribution >= 4 is 5.97 Å². The van der Waals surface area contributed by atoms with E-state index in [2.05, 4.69) is 0 Å². The van der Waals surface area contributed by atoms with Crippen LogP contribution in [0, 0.1) is 23.5 Å². The lowest BCUT2D eigenvalue weighted by Gasteiger charge is -2.28. The monoisotopic (exact) mass is 468 g/mol. The summed E-state index contributed by atoms with van der Waals surface area (Å²) < 4.78 is 36.3. The van der Waals surface area contributed by atoms with Crippen LogP contribution in [0.3, 0.4) is 0 Å². The number of carboxylic acids is 1. The maximum absolute atomic E-state index is 14.9. The third-order valence-electron chi connectivity index (χ3n) is 6.64. The first-order valence-corrected chi connectivity index (χ1v) is 11.9. The molecular formula is C27H30F2N2O3. The van der Waals surface area contributed by atoms with Crippen LogP contribution in [0.1, 0.15) is 38.3 Å². The molecule has 7 heteroatoms. The van der Waals surface area contributed by atoms with Crippen LogP contribution >= 0.6 is 0 Å². The second-order valence-electron chi connectivity index (χ2n) is 8.97. The molecule has 1 aliphatic rings. The smallest absolute Gasteiger partial charge is 0.329 e. The summed E-state index contributed by atoms with van der Waals surface area (Å²) in [7, 11) is 0. The van der Waals surface area contributed by atoms with Gasteiger partial charge in [0.1, 0.15) is 12.3 Å². The maximum Gasteiger partial charge on any atom is 0.329 e. The van der Waals surface area contributed by atoms with Crippen molar-refractivity contribution < 1.29 is 23.4 Å². The van der Waals surface area contributed by atoms with E-state index in [1.807, 2.05) is 41.9 Å². The Hall–Kier alpha value is -3.06. The van der Waals surface area contributed by atoms with E-state index in [9.17, 15) is 13.6 Å². The van der Waals surface area contributed by atoms with Gasteiger partial charge in [-0.1, -0.05) is 49.4 Å². The molecule has 1 aromatic heterocycles. The fourth-order valence-corrected chi connectivity index (χ4v) is 4.92. The average Bonchev–Trinajstić information content (AvgIpc) is 3.20. The van der Waals surface area contributed by atoms with Crippen molar-refractivity contribution in [3.8, 4) is 22.4 Å². The van der Waals surface area contributed by atoms with E-state index >= 15 is 0 Å². The summed E-state index contributed by atoms with van der Waals surface area (Å²) in [5, 5.41) is 13.7. The Morgan fingerprint density at radius 2 is 1.76 bits per heavy atom. The molecule has 180 valence electrons. The van der Waals surface area contributed by atoms with E-state index in [0.717, 1.165) is 43.0 Å². The Kier molecular flexibility index (Phi) is 7.73. The molecule has 1 N–H and O–H groups in total. The molecule has 0 aliphatic heterocycles. The zero-order chi connectivity index (χ0) is 24.1. The van der Waals surface area contributed by atoms with E-state index in [1.54, 1.807) is 6.07 Å². The third-order valence-corrected chi connectivity index (χ3v) is 6.64. The maximum atomic E-state index is 14.9. The molecule has 1 saturated carbocycles. The van der Waals surface area contributed by atoms with Gasteiger partial charge in [-0.25, -0.2) is 13.6 Å². The number of rotatable bonds is 9. The molecule has 4 rings (SSSR count). The molecule has 0 amide bonds. The number of hydrogen-bond donors (Lipinski definition) is 1. The SMILES string of the molecule is CCc1c(-c2cccc(F)c2F)c(-c2ccccc2)nn1C[C@H]1CC[C@@H](COCC(=O)O)CC1. The van der Waals surface area contributed by atoms with Crippen molar-refractivity contribution in [3.63, 3.8) is 0 Å². The molecule has 2 aromatic carbocycles. The number of aromatic nitrogens is 2. The van der Waals surface area contributed by atoms with Gasteiger partial charge in [0, 0.05) is 28.9 Å². The highest BCUT2D eigenvalue weighted by Gasteiger charge is 2.27. The first kappa shape index (κ1) is 24.1. The fraction of sp³-hybridized carbons (Fsp3) is 0.407. The van der Waals surface area contributed by atoms with Gasteiger partial charge >= 0.3 is 5.97 Å². The summed E-state index contributed by atoms with van der Waals surface area (Å²) in [6.45, 7) is 2.94. The Morgan fingerprint density at radius 3 is 2.44 bits per heavy atom. The summed E-state index contributed by atoms with van der Waals surface area (Å²) in [5.41, 5.74) is 3.32. The number of carboxylic acid groups (broad SMARTS) is 1. The quantitative estimate of drug-likeness (QED) is 0.421. The van der Waals surface area contributed by atoms with E-state index in [4.69, 9.17) is 14.9 Å². The lowest BCUT2D eigenvalue weighted by atomic mass is 9.82.